The van der Waals surface area contributed by atoms with Gasteiger partial charge in [-0.25, -0.2) is 14.3 Å². The molecule has 3 fully saturated rings. The van der Waals surface area contributed by atoms with Crippen molar-refractivity contribution in [3.63, 3.8) is 0 Å². The van der Waals surface area contributed by atoms with Crippen molar-refractivity contribution in [2.75, 3.05) is 36.9 Å². The molecule has 5 aromatic rings. The molecule has 18 heteroatoms. The number of imide groups is 1. The van der Waals surface area contributed by atoms with Crippen molar-refractivity contribution < 1.29 is 27.6 Å². The Balaban J connectivity index is 0.877. The molecule has 4 aromatic heterocycles. The van der Waals surface area contributed by atoms with Gasteiger partial charge in [0.25, 0.3) is 5.91 Å². The van der Waals surface area contributed by atoms with Crippen LogP contribution < -0.4 is 21.2 Å². The highest BCUT2D eigenvalue weighted by Crippen LogP contribution is 2.39. The molecular weight excluding hydrogens is 719 g/mol. The van der Waals surface area contributed by atoms with Crippen LogP contribution in [0.15, 0.2) is 53.8 Å². The SMILES string of the molecule is CN(C[C@H]1CC[C@H](n2cc(NC(=O)c3cnn4cccnc34)c(C(F)(F)F)n2)CC1)C1CCN(c2cccc3c2n(C)c(=O)n3C2CCC(=O)NC2=O)CC1. The van der Waals surface area contributed by atoms with Gasteiger partial charge in [-0.15, -0.1) is 0 Å². The van der Waals surface area contributed by atoms with Gasteiger partial charge >= 0.3 is 11.9 Å². The van der Waals surface area contributed by atoms with E-state index in [9.17, 15) is 32.3 Å². The maximum absolute atomic E-state index is 14.1. The summed E-state index contributed by atoms with van der Waals surface area (Å²) in [6.45, 7) is 2.44. The van der Waals surface area contributed by atoms with Crippen LogP contribution >= 0.6 is 0 Å². The maximum Gasteiger partial charge on any atom is 0.437 e. The summed E-state index contributed by atoms with van der Waals surface area (Å²) in [4.78, 5) is 59.7. The summed E-state index contributed by atoms with van der Waals surface area (Å²) in [5, 5.41) is 12.7. The Kier molecular flexibility index (Phi) is 9.47. The molecule has 0 radical (unpaired) electrons. The van der Waals surface area contributed by atoms with Crippen LogP contribution in [-0.4, -0.2) is 88.9 Å². The Morgan fingerprint density at radius 3 is 2.53 bits per heavy atom. The van der Waals surface area contributed by atoms with Crippen molar-refractivity contribution in [1.29, 1.82) is 0 Å². The Morgan fingerprint density at radius 2 is 1.80 bits per heavy atom. The number of imidazole rings is 1. The number of piperidine rings is 2. The number of aromatic nitrogens is 7. The van der Waals surface area contributed by atoms with E-state index in [1.54, 1.807) is 23.9 Å². The van der Waals surface area contributed by atoms with Crippen LogP contribution in [-0.2, 0) is 22.8 Å². The monoisotopic (exact) mass is 761 g/mol. The van der Waals surface area contributed by atoms with Crippen LogP contribution in [0.3, 0.4) is 0 Å². The van der Waals surface area contributed by atoms with Crippen molar-refractivity contribution in [1.82, 2.24) is 43.7 Å². The fourth-order valence-corrected chi connectivity index (χ4v) is 8.66. The van der Waals surface area contributed by atoms with Gasteiger partial charge in [0, 0.05) is 57.7 Å². The summed E-state index contributed by atoms with van der Waals surface area (Å²) >= 11 is 0. The molecule has 1 aliphatic carbocycles. The number of benzene rings is 1. The third kappa shape index (κ3) is 6.87. The molecular formula is C37H42F3N11O4. The van der Waals surface area contributed by atoms with Crippen molar-refractivity contribution in [2.24, 2.45) is 13.0 Å². The molecule has 2 saturated heterocycles. The molecule has 8 rings (SSSR count). The molecule has 0 spiro atoms. The number of rotatable bonds is 8. The van der Waals surface area contributed by atoms with Crippen LogP contribution in [0.4, 0.5) is 24.5 Å². The predicted molar refractivity (Wildman–Crippen MR) is 196 cm³/mol. The lowest BCUT2D eigenvalue weighted by Gasteiger charge is -2.40. The fraction of sp³-hybridized carbons (Fsp3) is 0.486. The number of aryl methyl sites for hydroxylation is 1. The Labute approximate surface area is 313 Å². The number of alkyl halides is 3. The Morgan fingerprint density at radius 1 is 1.04 bits per heavy atom. The number of anilines is 2. The average molecular weight is 762 g/mol. The largest absolute Gasteiger partial charge is 0.437 e. The lowest BCUT2D eigenvalue weighted by atomic mass is 9.85. The normalized spacial score (nSPS) is 21.5. The highest BCUT2D eigenvalue weighted by atomic mass is 19.4. The number of hydrogen-bond acceptors (Lipinski definition) is 9. The molecule has 1 saturated carbocycles. The zero-order valence-electron chi connectivity index (χ0n) is 30.5. The molecule has 0 bridgehead atoms. The van der Waals surface area contributed by atoms with E-state index in [4.69, 9.17) is 0 Å². The van der Waals surface area contributed by atoms with Gasteiger partial charge in [-0.3, -0.25) is 33.5 Å². The smallest absolute Gasteiger partial charge is 0.370 e. The number of nitrogens with zero attached hydrogens (tertiary/aromatic N) is 9. The minimum absolute atomic E-state index is 0.0582. The Bertz CT molecular complexity index is 2330. The summed E-state index contributed by atoms with van der Waals surface area (Å²) in [6, 6.07) is 6.77. The summed E-state index contributed by atoms with van der Waals surface area (Å²) in [5.41, 5.74) is 0.835. The lowest BCUT2D eigenvalue weighted by molar-refractivity contribution is -0.141. The van der Waals surface area contributed by atoms with Crippen LogP contribution in [0, 0.1) is 5.92 Å². The minimum Gasteiger partial charge on any atom is -0.370 e. The van der Waals surface area contributed by atoms with Gasteiger partial charge in [-0.2, -0.15) is 23.4 Å². The number of para-hydroxylation sites is 1. The summed E-state index contributed by atoms with van der Waals surface area (Å²) < 4.78 is 48.1. The summed E-state index contributed by atoms with van der Waals surface area (Å²) in [7, 11) is 3.85. The van der Waals surface area contributed by atoms with Crippen molar-refractivity contribution in [3.05, 3.63) is 70.8 Å². The first-order chi connectivity index (χ1) is 26.4. The molecule has 2 aliphatic heterocycles. The first-order valence-corrected chi connectivity index (χ1v) is 18.6. The summed E-state index contributed by atoms with van der Waals surface area (Å²) in [6.07, 6.45) is 6.17. The second-order valence-electron chi connectivity index (χ2n) is 14.9. The van der Waals surface area contributed by atoms with Crippen molar-refractivity contribution in [3.8, 4) is 0 Å². The molecule has 3 aliphatic rings. The highest BCUT2D eigenvalue weighted by molar-refractivity contribution is 6.08. The van der Waals surface area contributed by atoms with Crippen molar-refractivity contribution >= 4 is 45.8 Å². The molecule has 290 valence electrons. The number of amides is 3. The van der Waals surface area contributed by atoms with Gasteiger partial charge in [0.2, 0.25) is 11.8 Å². The van der Waals surface area contributed by atoms with E-state index in [-0.39, 0.29) is 41.7 Å². The quantitative estimate of drug-likeness (QED) is 0.222. The van der Waals surface area contributed by atoms with E-state index in [1.165, 1.54) is 32.4 Å². The Hall–Kier alpha value is -5.52. The number of nitrogens with one attached hydrogen (secondary N) is 2. The topological polar surface area (TPSA) is 157 Å². The first kappa shape index (κ1) is 36.5. The average Bonchev–Trinajstić information content (AvgIpc) is 3.87. The molecule has 1 aromatic carbocycles. The second-order valence-corrected chi connectivity index (χ2v) is 14.9. The molecule has 3 amide bonds. The van der Waals surface area contributed by atoms with Gasteiger partial charge in [0.05, 0.1) is 34.6 Å². The zero-order valence-corrected chi connectivity index (χ0v) is 30.5. The molecule has 1 unspecified atom stereocenters. The maximum atomic E-state index is 14.1. The number of fused-ring (bicyclic) bond motifs is 2. The van der Waals surface area contributed by atoms with E-state index in [2.05, 4.69) is 42.7 Å². The fourth-order valence-electron chi connectivity index (χ4n) is 8.66. The molecule has 55 heavy (non-hydrogen) atoms. The highest BCUT2D eigenvalue weighted by Gasteiger charge is 2.39. The third-order valence-corrected chi connectivity index (χ3v) is 11.5. The van der Waals surface area contributed by atoms with Gasteiger partial charge in [0.1, 0.15) is 11.6 Å². The molecule has 2 N–H and O–H groups in total. The molecule has 6 heterocycles. The van der Waals surface area contributed by atoms with Crippen LogP contribution in [0.5, 0.6) is 0 Å². The van der Waals surface area contributed by atoms with Gasteiger partial charge in [0.15, 0.2) is 11.3 Å². The van der Waals surface area contributed by atoms with Crippen LogP contribution in [0.25, 0.3) is 16.7 Å². The van der Waals surface area contributed by atoms with Crippen LogP contribution in [0.1, 0.15) is 79.5 Å². The first-order valence-electron chi connectivity index (χ1n) is 18.6. The zero-order chi connectivity index (χ0) is 38.6. The summed E-state index contributed by atoms with van der Waals surface area (Å²) in [5.74, 6) is -1.15. The standard InChI is InChI=1S/C37H42F3N11O4/c1-46(23-13-17-48(18-14-23)27-5-3-6-28-31(27)47(2)36(55)51(28)29-11-12-30(52)44-35(29)54)20-22-7-9-24(10-8-22)50-21-26(32(45-50)37(38,39)40)43-34(53)25-19-42-49-16-4-15-41-33(25)49/h3-6,15-16,19,21-24,29H,7-14,17-18,20H2,1-2H3,(H,43,53)(H,44,52,54)/t22-,24-,29?. The van der Waals surface area contributed by atoms with Crippen molar-refractivity contribution in [2.45, 2.75) is 75.7 Å². The van der Waals surface area contributed by atoms with E-state index < -0.39 is 35.4 Å². The number of halogens is 3. The van der Waals surface area contributed by atoms with E-state index in [0.717, 1.165) is 56.5 Å². The molecule has 15 nitrogen and oxygen atoms in total. The predicted octanol–water partition coefficient (Wildman–Crippen LogP) is 4.16. The van der Waals surface area contributed by atoms with Gasteiger partial charge < -0.3 is 15.1 Å². The van der Waals surface area contributed by atoms with Gasteiger partial charge in [-0.05, 0) is 76.1 Å². The lowest BCUT2D eigenvalue weighted by Crippen LogP contribution is -2.45. The van der Waals surface area contributed by atoms with E-state index in [0.29, 0.717) is 30.3 Å². The van der Waals surface area contributed by atoms with E-state index >= 15 is 0 Å². The number of hydrogen-bond donors (Lipinski definition) is 2. The van der Waals surface area contributed by atoms with Gasteiger partial charge in [-0.1, -0.05) is 6.07 Å². The number of carbonyl (C=O) groups is 3. The van der Waals surface area contributed by atoms with Crippen LogP contribution in [0.2, 0.25) is 0 Å². The second kappa shape index (κ2) is 14.3. The minimum atomic E-state index is -4.76. The molecule has 1 atom stereocenters. The van der Waals surface area contributed by atoms with E-state index in [1.807, 2.05) is 18.2 Å². The third-order valence-electron chi connectivity index (χ3n) is 11.5. The number of carbonyl (C=O) groups excluding carboxylic acids is 3.